The lowest BCUT2D eigenvalue weighted by atomic mass is 9.96. The molecule has 0 saturated carbocycles. The van der Waals surface area contributed by atoms with E-state index < -0.39 is 0 Å². The van der Waals surface area contributed by atoms with Gasteiger partial charge in [0, 0.05) is 16.3 Å². The summed E-state index contributed by atoms with van der Waals surface area (Å²) in [6.07, 6.45) is 0. The zero-order valence-electron chi connectivity index (χ0n) is 10.0. The molecular weight excluding hydrogens is 264 g/mol. The first-order chi connectivity index (χ1) is 8.54. The topological polar surface area (TPSA) is 39.6 Å². The molecular formula is C14H11ClN2S. The van der Waals surface area contributed by atoms with Crippen molar-refractivity contribution in [2.75, 3.05) is 0 Å². The van der Waals surface area contributed by atoms with E-state index in [9.17, 15) is 5.26 Å². The van der Waals surface area contributed by atoms with Gasteiger partial charge in [-0.2, -0.15) is 5.26 Å². The molecule has 0 fully saturated rings. The average molecular weight is 275 g/mol. The van der Waals surface area contributed by atoms with E-state index in [0.717, 1.165) is 22.4 Å². The molecule has 1 aromatic carbocycles. The zero-order chi connectivity index (χ0) is 13.3. The van der Waals surface area contributed by atoms with E-state index in [-0.39, 0.29) is 0 Å². The molecule has 1 N–H and O–H groups in total. The van der Waals surface area contributed by atoms with Crippen molar-refractivity contribution in [2.24, 2.45) is 0 Å². The summed E-state index contributed by atoms with van der Waals surface area (Å²) in [7, 11) is 0. The largest absolute Gasteiger partial charge is 0.349 e. The van der Waals surface area contributed by atoms with Crippen LogP contribution in [0.15, 0.2) is 24.3 Å². The molecule has 0 atom stereocenters. The van der Waals surface area contributed by atoms with Crippen molar-refractivity contribution in [3.8, 4) is 17.2 Å². The summed E-state index contributed by atoms with van der Waals surface area (Å²) in [5, 5.41) is 9.94. The third-order valence-electron chi connectivity index (χ3n) is 2.96. The molecule has 2 nitrogen and oxygen atoms in total. The molecule has 0 bridgehead atoms. The van der Waals surface area contributed by atoms with Gasteiger partial charge in [-0.05, 0) is 37.1 Å². The molecule has 4 heteroatoms. The van der Waals surface area contributed by atoms with Gasteiger partial charge in [0.25, 0.3) is 0 Å². The van der Waals surface area contributed by atoms with Crippen LogP contribution in [0, 0.1) is 29.8 Å². The Bertz CT molecular complexity index is 693. The van der Waals surface area contributed by atoms with Gasteiger partial charge in [-0.1, -0.05) is 36.0 Å². The second-order valence-corrected chi connectivity index (χ2v) is 4.92. The molecule has 0 radical (unpaired) electrons. The molecule has 0 amide bonds. The van der Waals surface area contributed by atoms with Crippen molar-refractivity contribution in [3.63, 3.8) is 0 Å². The van der Waals surface area contributed by atoms with Gasteiger partial charge < -0.3 is 4.98 Å². The van der Waals surface area contributed by atoms with Crippen LogP contribution in [0.1, 0.15) is 16.8 Å². The third kappa shape index (κ3) is 2.17. The summed E-state index contributed by atoms with van der Waals surface area (Å²) in [6.45, 7) is 3.93. The van der Waals surface area contributed by atoms with Crippen LogP contribution >= 0.6 is 23.8 Å². The fourth-order valence-electron chi connectivity index (χ4n) is 1.90. The smallest absolute Gasteiger partial charge is 0.122 e. The Hall–Kier alpha value is -1.63. The van der Waals surface area contributed by atoms with Gasteiger partial charge in [-0.15, -0.1) is 0 Å². The van der Waals surface area contributed by atoms with E-state index in [2.05, 4.69) is 11.1 Å². The second kappa shape index (κ2) is 4.93. The van der Waals surface area contributed by atoms with E-state index in [1.54, 1.807) is 0 Å². The maximum atomic E-state index is 9.27. The minimum Gasteiger partial charge on any atom is -0.349 e. The summed E-state index contributed by atoms with van der Waals surface area (Å²) >= 11 is 11.1. The van der Waals surface area contributed by atoms with Crippen molar-refractivity contribution < 1.29 is 0 Å². The number of aryl methyl sites for hydroxylation is 1. The van der Waals surface area contributed by atoms with Gasteiger partial charge in [0.05, 0.1) is 5.56 Å². The summed E-state index contributed by atoms with van der Waals surface area (Å²) < 4.78 is 0.477. The monoisotopic (exact) mass is 274 g/mol. The summed E-state index contributed by atoms with van der Waals surface area (Å²) in [5.74, 6) is 0. The Morgan fingerprint density at radius 3 is 2.39 bits per heavy atom. The molecule has 0 unspecified atom stereocenters. The SMILES string of the molecule is Cc1[nH]c(=S)c(C#N)c(-c2ccc(Cl)cc2)c1C. The van der Waals surface area contributed by atoms with Crippen molar-refractivity contribution in [1.82, 2.24) is 4.98 Å². The maximum Gasteiger partial charge on any atom is 0.122 e. The van der Waals surface area contributed by atoms with Gasteiger partial charge >= 0.3 is 0 Å². The Morgan fingerprint density at radius 1 is 1.22 bits per heavy atom. The van der Waals surface area contributed by atoms with Gasteiger partial charge in [0.2, 0.25) is 0 Å². The lowest BCUT2D eigenvalue weighted by Gasteiger charge is -2.11. The molecule has 1 heterocycles. The van der Waals surface area contributed by atoms with E-state index in [0.29, 0.717) is 15.2 Å². The van der Waals surface area contributed by atoms with Crippen LogP contribution in [0.3, 0.4) is 0 Å². The van der Waals surface area contributed by atoms with E-state index in [1.807, 2.05) is 38.1 Å². The number of H-pyrrole nitrogens is 1. The molecule has 0 spiro atoms. The number of halogens is 1. The highest BCUT2D eigenvalue weighted by Gasteiger charge is 2.12. The fraction of sp³-hybridized carbons (Fsp3) is 0.143. The fourth-order valence-corrected chi connectivity index (χ4v) is 2.33. The lowest BCUT2D eigenvalue weighted by molar-refractivity contribution is 1.13. The summed E-state index contributed by atoms with van der Waals surface area (Å²) in [6, 6.07) is 9.61. The minimum absolute atomic E-state index is 0.477. The van der Waals surface area contributed by atoms with Crippen LogP contribution in [0.4, 0.5) is 0 Å². The number of aromatic amines is 1. The number of nitrogens with one attached hydrogen (secondary N) is 1. The van der Waals surface area contributed by atoms with Crippen molar-refractivity contribution in [1.29, 1.82) is 5.26 Å². The van der Waals surface area contributed by atoms with E-state index >= 15 is 0 Å². The molecule has 18 heavy (non-hydrogen) atoms. The van der Waals surface area contributed by atoms with Crippen LogP contribution in [0.2, 0.25) is 5.02 Å². The van der Waals surface area contributed by atoms with E-state index in [4.69, 9.17) is 23.8 Å². The third-order valence-corrected chi connectivity index (χ3v) is 3.52. The molecule has 0 aliphatic carbocycles. The Morgan fingerprint density at radius 2 is 1.83 bits per heavy atom. The standard InChI is InChI=1S/C14H11ClN2S/c1-8-9(2)17-14(18)12(7-16)13(8)10-3-5-11(15)6-4-10/h3-6H,1-2H3,(H,17,18). The maximum absolute atomic E-state index is 9.27. The number of benzene rings is 1. The van der Waals surface area contributed by atoms with Crippen LogP contribution in [0.5, 0.6) is 0 Å². The highest BCUT2D eigenvalue weighted by molar-refractivity contribution is 7.71. The number of nitriles is 1. The molecule has 90 valence electrons. The Kier molecular flexibility index (Phi) is 3.51. The summed E-state index contributed by atoms with van der Waals surface area (Å²) in [5.41, 5.74) is 4.36. The molecule has 1 aromatic heterocycles. The van der Waals surface area contributed by atoms with Crippen LogP contribution in [-0.2, 0) is 0 Å². The van der Waals surface area contributed by atoms with Crippen molar-refractivity contribution in [2.45, 2.75) is 13.8 Å². The van der Waals surface area contributed by atoms with E-state index in [1.165, 1.54) is 0 Å². The first kappa shape index (κ1) is 12.8. The van der Waals surface area contributed by atoms with Crippen LogP contribution < -0.4 is 0 Å². The Labute approximate surface area is 116 Å². The summed E-state index contributed by atoms with van der Waals surface area (Å²) in [4.78, 5) is 3.05. The molecule has 2 rings (SSSR count). The molecule has 2 aromatic rings. The molecule has 0 aliphatic heterocycles. The van der Waals surface area contributed by atoms with Gasteiger partial charge in [0.1, 0.15) is 10.7 Å². The highest BCUT2D eigenvalue weighted by Crippen LogP contribution is 2.29. The number of nitrogens with zero attached hydrogens (tertiary/aromatic N) is 1. The van der Waals surface area contributed by atoms with Crippen LogP contribution in [-0.4, -0.2) is 4.98 Å². The quantitative estimate of drug-likeness (QED) is 0.775. The number of pyridine rings is 1. The molecule has 0 aliphatic rings. The predicted octanol–water partition coefficient (Wildman–Crippen LogP) is 4.55. The first-order valence-corrected chi connectivity index (χ1v) is 6.22. The number of hydrogen-bond donors (Lipinski definition) is 1. The first-order valence-electron chi connectivity index (χ1n) is 5.44. The van der Waals surface area contributed by atoms with Gasteiger partial charge in [0.15, 0.2) is 0 Å². The van der Waals surface area contributed by atoms with Crippen molar-refractivity contribution in [3.05, 3.63) is 50.7 Å². The van der Waals surface area contributed by atoms with Gasteiger partial charge in [-0.3, -0.25) is 0 Å². The van der Waals surface area contributed by atoms with Crippen LogP contribution in [0.25, 0.3) is 11.1 Å². The normalized spacial score (nSPS) is 10.1. The van der Waals surface area contributed by atoms with Gasteiger partial charge in [-0.25, -0.2) is 0 Å². The highest BCUT2D eigenvalue weighted by atomic mass is 35.5. The number of aromatic nitrogens is 1. The predicted molar refractivity (Wildman–Crippen MR) is 76.3 cm³/mol. The Balaban J connectivity index is 2.82. The number of rotatable bonds is 1. The minimum atomic E-state index is 0.477. The van der Waals surface area contributed by atoms with Crippen molar-refractivity contribution >= 4 is 23.8 Å². The second-order valence-electron chi connectivity index (χ2n) is 4.07. The zero-order valence-corrected chi connectivity index (χ0v) is 11.6. The molecule has 0 saturated heterocycles. The number of hydrogen-bond acceptors (Lipinski definition) is 2. The lowest BCUT2D eigenvalue weighted by Crippen LogP contribution is -1.97. The average Bonchev–Trinajstić information content (AvgIpc) is 2.35.